The third-order valence-electron chi connectivity index (χ3n) is 5.01. The van der Waals surface area contributed by atoms with E-state index in [1.165, 1.54) is 5.56 Å². The largest absolute Gasteiger partial charge is 0.496 e. The van der Waals surface area contributed by atoms with Gasteiger partial charge in [-0.25, -0.2) is 4.98 Å². The van der Waals surface area contributed by atoms with Gasteiger partial charge in [0.25, 0.3) is 0 Å². The third-order valence-corrected chi connectivity index (χ3v) is 6.38. The number of nitrogens with two attached hydrogens (primary N) is 1. The van der Waals surface area contributed by atoms with Crippen LogP contribution in [0.4, 0.5) is 0 Å². The lowest BCUT2D eigenvalue weighted by molar-refractivity contribution is 0.412. The number of aryl methyl sites for hydroxylation is 2. The zero-order valence-electron chi connectivity index (χ0n) is 17.8. The van der Waals surface area contributed by atoms with Gasteiger partial charge in [0.05, 0.1) is 17.8 Å². The molecule has 0 amide bonds. The van der Waals surface area contributed by atoms with Gasteiger partial charge in [0.2, 0.25) is 0 Å². The molecular weight excluding hydrogens is 412 g/mol. The Morgan fingerprint density at radius 2 is 1.90 bits per heavy atom. The number of rotatable bonds is 6. The van der Waals surface area contributed by atoms with E-state index in [0.29, 0.717) is 5.02 Å². The molecule has 3 aromatic rings. The van der Waals surface area contributed by atoms with Crippen molar-refractivity contribution in [2.45, 2.75) is 45.6 Å². The Bertz CT molecular complexity index is 1070. The smallest absolute Gasteiger partial charge is 0.123 e. The van der Waals surface area contributed by atoms with Gasteiger partial charge in [0.1, 0.15) is 16.8 Å². The molecule has 0 aliphatic rings. The van der Waals surface area contributed by atoms with Crippen molar-refractivity contribution in [3.63, 3.8) is 0 Å². The normalized spacial score (nSPS) is 12.7. The van der Waals surface area contributed by atoms with Crippen molar-refractivity contribution in [2.75, 3.05) is 7.11 Å². The zero-order valence-corrected chi connectivity index (χ0v) is 19.4. The highest BCUT2D eigenvalue weighted by Gasteiger charge is 2.18. The third kappa shape index (κ3) is 5.05. The minimum absolute atomic E-state index is 0.182. The van der Waals surface area contributed by atoms with Gasteiger partial charge >= 0.3 is 0 Å². The quantitative estimate of drug-likeness (QED) is 0.437. The van der Waals surface area contributed by atoms with Crippen molar-refractivity contribution in [3.8, 4) is 28.8 Å². The summed E-state index contributed by atoms with van der Waals surface area (Å²) in [5.74, 6) is 7.58. The van der Waals surface area contributed by atoms with Gasteiger partial charge in [-0.05, 0) is 43.5 Å². The minimum Gasteiger partial charge on any atom is -0.496 e. The van der Waals surface area contributed by atoms with Crippen molar-refractivity contribution in [1.29, 1.82) is 0 Å². The zero-order chi connectivity index (χ0) is 21.7. The van der Waals surface area contributed by atoms with E-state index in [9.17, 15) is 0 Å². The molecule has 0 aliphatic heterocycles. The summed E-state index contributed by atoms with van der Waals surface area (Å²) in [6.45, 7) is 6.21. The molecule has 1 aromatic heterocycles. The molecular formula is C25H27ClN2OS. The second-order valence-corrected chi connectivity index (χ2v) is 8.92. The molecule has 0 saturated carbocycles. The molecule has 0 aliphatic carbocycles. The summed E-state index contributed by atoms with van der Waals surface area (Å²) in [5.41, 5.74) is 10.4. The highest BCUT2D eigenvalue weighted by Crippen LogP contribution is 2.37. The molecule has 3 rings (SSSR count). The van der Waals surface area contributed by atoms with Crippen LogP contribution >= 0.6 is 22.9 Å². The Kier molecular flexibility index (Phi) is 7.55. The summed E-state index contributed by atoms with van der Waals surface area (Å²) < 4.78 is 5.36. The monoisotopic (exact) mass is 438 g/mol. The van der Waals surface area contributed by atoms with Crippen molar-refractivity contribution in [2.24, 2.45) is 5.73 Å². The maximum atomic E-state index is 6.51. The Morgan fingerprint density at radius 1 is 1.17 bits per heavy atom. The first-order valence-electron chi connectivity index (χ1n) is 10.1. The summed E-state index contributed by atoms with van der Waals surface area (Å²) in [6, 6.07) is 13.8. The molecule has 156 valence electrons. The molecule has 30 heavy (non-hydrogen) atoms. The number of methoxy groups -OCH3 is 1. The van der Waals surface area contributed by atoms with E-state index < -0.39 is 6.04 Å². The lowest BCUT2D eigenvalue weighted by atomic mass is 9.95. The van der Waals surface area contributed by atoms with Crippen LogP contribution in [0.2, 0.25) is 5.02 Å². The van der Waals surface area contributed by atoms with E-state index >= 15 is 0 Å². The fraction of sp³-hybridized carbons (Fsp3) is 0.320. The summed E-state index contributed by atoms with van der Waals surface area (Å²) >= 11 is 8.08. The molecule has 0 fully saturated rings. The van der Waals surface area contributed by atoms with E-state index in [1.54, 1.807) is 18.4 Å². The number of thiazole rings is 1. The molecule has 5 heteroatoms. The van der Waals surface area contributed by atoms with Gasteiger partial charge < -0.3 is 10.5 Å². The van der Waals surface area contributed by atoms with Crippen molar-refractivity contribution in [1.82, 2.24) is 4.98 Å². The van der Waals surface area contributed by atoms with Gasteiger partial charge in [-0.2, -0.15) is 0 Å². The summed E-state index contributed by atoms with van der Waals surface area (Å²) in [4.78, 5) is 5.87. The Morgan fingerprint density at radius 3 is 2.57 bits per heavy atom. The molecule has 2 unspecified atom stereocenters. The van der Waals surface area contributed by atoms with E-state index in [1.807, 2.05) is 32.0 Å². The summed E-state index contributed by atoms with van der Waals surface area (Å²) in [7, 11) is 1.64. The first kappa shape index (κ1) is 22.4. The second-order valence-electron chi connectivity index (χ2n) is 7.28. The minimum atomic E-state index is -0.427. The van der Waals surface area contributed by atoms with Crippen LogP contribution < -0.4 is 10.5 Å². The first-order valence-corrected chi connectivity index (χ1v) is 11.3. The van der Waals surface area contributed by atoms with Crippen molar-refractivity contribution in [3.05, 3.63) is 68.5 Å². The molecule has 2 aromatic carbocycles. The molecule has 0 spiro atoms. The van der Waals surface area contributed by atoms with Gasteiger partial charge in [-0.1, -0.05) is 67.1 Å². The standard InChI is InChI=1S/C25H27ClN2OS/c1-5-9-18(19-10-7-6-8-11-19)12-13-22(27)25-28-24(17(3)30-25)20-14-16(2)23(29-4)15-21(20)26/h6-8,10-11,14-15,18,22H,5,9,27H2,1-4H3. The molecule has 2 atom stereocenters. The summed E-state index contributed by atoms with van der Waals surface area (Å²) in [5, 5.41) is 1.42. The van der Waals surface area contributed by atoms with Crippen LogP contribution in [0.5, 0.6) is 5.75 Å². The number of nitrogens with zero attached hydrogens (tertiary/aromatic N) is 1. The molecule has 1 heterocycles. The van der Waals surface area contributed by atoms with Crippen LogP contribution in [0.3, 0.4) is 0 Å². The maximum Gasteiger partial charge on any atom is 0.123 e. The van der Waals surface area contributed by atoms with Crippen LogP contribution in [0.25, 0.3) is 11.3 Å². The molecule has 3 nitrogen and oxygen atoms in total. The predicted octanol–water partition coefficient (Wildman–Crippen LogP) is 6.68. The molecule has 0 saturated heterocycles. The Labute approximate surface area is 188 Å². The van der Waals surface area contributed by atoms with E-state index in [2.05, 4.69) is 43.0 Å². The number of halogens is 1. The average Bonchev–Trinajstić information content (AvgIpc) is 3.14. The van der Waals surface area contributed by atoms with Crippen molar-refractivity contribution < 1.29 is 4.74 Å². The predicted molar refractivity (Wildman–Crippen MR) is 127 cm³/mol. The molecule has 0 bridgehead atoms. The van der Waals surface area contributed by atoms with Crippen LogP contribution in [0.1, 0.15) is 52.7 Å². The molecule has 2 N–H and O–H groups in total. The lowest BCUT2D eigenvalue weighted by Gasteiger charge is -2.10. The van der Waals surface area contributed by atoms with Crippen molar-refractivity contribution >= 4 is 22.9 Å². The number of hydrogen-bond acceptors (Lipinski definition) is 4. The topological polar surface area (TPSA) is 48.1 Å². The van der Waals surface area contributed by atoms with Gasteiger partial charge in [0, 0.05) is 16.4 Å². The SMILES string of the molecule is CCCC(C#CC(N)c1nc(-c2cc(C)c(OC)cc2Cl)c(C)s1)c1ccccc1. The Balaban J connectivity index is 1.88. The molecule has 0 radical (unpaired) electrons. The van der Waals surface area contributed by atoms with Gasteiger partial charge in [-0.3, -0.25) is 0 Å². The van der Waals surface area contributed by atoms with E-state index in [0.717, 1.165) is 45.3 Å². The van der Waals surface area contributed by atoms with E-state index in [-0.39, 0.29) is 5.92 Å². The number of benzene rings is 2. The fourth-order valence-corrected chi connectivity index (χ4v) is 4.54. The van der Waals surface area contributed by atoms with Crippen LogP contribution in [0.15, 0.2) is 42.5 Å². The average molecular weight is 439 g/mol. The Hall–Kier alpha value is -2.32. The maximum absolute atomic E-state index is 6.51. The summed E-state index contributed by atoms with van der Waals surface area (Å²) in [6.07, 6.45) is 2.08. The van der Waals surface area contributed by atoms with Crippen LogP contribution in [0, 0.1) is 25.7 Å². The number of ether oxygens (including phenoxy) is 1. The fourth-order valence-electron chi connectivity index (χ4n) is 3.41. The number of aromatic nitrogens is 1. The highest BCUT2D eigenvalue weighted by molar-refractivity contribution is 7.12. The first-order chi connectivity index (χ1) is 14.4. The van der Waals surface area contributed by atoms with Crippen LogP contribution in [-0.2, 0) is 0 Å². The number of hydrogen-bond donors (Lipinski definition) is 1. The lowest BCUT2D eigenvalue weighted by Crippen LogP contribution is -2.08. The van der Waals surface area contributed by atoms with Gasteiger partial charge in [0.15, 0.2) is 0 Å². The second kappa shape index (κ2) is 10.1. The van der Waals surface area contributed by atoms with Gasteiger partial charge in [-0.15, -0.1) is 11.3 Å². The van der Waals surface area contributed by atoms with E-state index in [4.69, 9.17) is 27.1 Å². The highest BCUT2D eigenvalue weighted by atomic mass is 35.5. The van der Waals surface area contributed by atoms with Crippen LogP contribution in [-0.4, -0.2) is 12.1 Å².